The van der Waals surface area contributed by atoms with Gasteiger partial charge in [-0.25, -0.2) is 4.58 Å². The van der Waals surface area contributed by atoms with E-state index in [0.717, 1.165) is 13.0 Å². The van der Waals surface area contributed by atoms with Gasteiger partial charge >= 0.3 is 6.40 Å². The maximum atomic E-state index is 5.14. The van der Waals surface area contributed by atoms with E-state index >= 15 is 0 Å². The number of hydrogen-bond acceptors (Lipinski definition) is 1. The standard InChI is InChI=1S/C7H16NO/c1-4-5-6-9-7-8(2)3/h7H,4-6H2,1-3H3/q+1. The summed E-state index contributed by atoms with van der Waals surface area (Å²) in [5.74, 6) is 0. The Morgan fingerprint density at radius 1 is 1.44 bits per heavy atom. The molecule has 0 saturated heterocycles. The van der Waals surface area contributed by atoms with Gasteiger partial charge in [-0.05, 0) is 6.42 Å². The fourth-order valence-electron chi connectivity index (χ4n) is 0.429. The fraction of sp³-hybridized carbons (Fsp3) is 0.857. The molecule has 0 aliphatic heterocycles. The minimum atomic E-state index is 0.842. The van der Waals surface area contributed by atoms with Crippen molar-refractivity contribution in [3.05, 3.63) is 0 Å². The summed E-state index contributed by atoms with van der Waals surface area (Å²) in [5.41, 5.74) is 0. The molecule has 0 aromatic heterocycles. The second-order valence-corrected chi connectivity index (χ2v) is 2.29. The molecule has 0 bridgehead atoms. The normalized spacial score (nSPS) is 8.78. The Morgan fingerprint density at radius 3 is 2.56 bits per heavy atom. The van der Waals surface area contributed by atoms with Crippen LogP contribution in [-0.4, -0.2) is 31.7 Å². The second kappa shape index (κ2) is 5.60. The van der Waals surface area contributed by atoms with E-state index in [1.807, 2.05) is 18.7 Å². The summed E-state index contributed by atoms with van der Waals surface area (Å²) in [5, 5.41) is 0. The van der Waals surface area contributed by atoms with Crippen LogP contribution in [0.4, 0.5) is 0 Å². The van der Waals surface area contributed by atoms with Gasteiger partial charge in [-0.3, -0.25) is 0 Å². The Balaban J connectivity index is 3.00. The van der Waals surface area contributed by atoms with E-state index in [9.17, 15) is 0 Å². The van der Waals surface area contributed by atoms with Crippen LogP contribution in [0.5, 0.6) is 0 Å². The number of hydrogen-bond donors (Lipinski definition) is 0. The van der Waals surface area contributed by atoms with Crippen molar-refractivity contribution in [3.8, 4) is 0 Å². The first-order valence-electron chi connectivity index (χ1n) is 3.38. The molecule has 0 atom stereocenters. The molecule has 2 heteroatoms. The quantitative estimate of drug-likeness (QED) is 0.240. The van der Waals surface area contributed by atoms with E-state index in [4.69, 9.17) is 4.74 Å². The SMILES string of the molecule is CCCCOC=[N+](C)C. The van der Waals surface area contributed by atoms with Crippen LogP contribution in [0.1, 0.15) is 19.8 Å². The van der Waals surface area contributed by atoms with Gasteiger partial charge in [-0.2, -0.15) is 0 Å². The zero-order chi connectivity index (χ0) is 7.11. The molecule has 0 amide bonds. The molecule has 0 aliphatic rings. The van der Waals surface area contributed by atoms with Gasteiger partial charge in [0.15, 0.2) is 0 Å². The van der Waals surface area contributed by atoms with Crippen molar-refractivity contribution < 1.29 is 9.31 Å². The van der Waals surface area contributed by atoms with Crippen LogP contribution in [0.3, 0.4) is 0 Å². The van der Waals surface area contributed by atoms with Crippen LogP contribution in [0.25, 0.3) is 0 Å². The number of nitrogens with zero attached hydrogens (tertiary/aromatic N) is 1. The second-order valence-electron chi connectivity index (χ2n) is 2.29. The third-order valence-corrected chi connectivity index (χ3v) is 0.901. The minimum absolute atomic E-state index is 0.842. The molecule has 0 saturated carbocycles. The van der Waals surface area contributed by atoms with Crippen LogP contribution >= 0.6 is 0 Å². The summed E-state index contributed by atoms with van der Waals surface area (Å²) in [4.78, 5) is 0. The smallest absolute Gasteiger partial charge is 0.323 e. The maximum Gasteiger partial charge on any atom is 0.323 e. The van der Waals surface area contributed by atoms with Gasteiger partial charge in [-0.1, -0.05) is 13.3 Å². The zero-order valence-corrected chi connectivity index (χ0v) is 6.55. The summed E-state index contributed by atoms with van der Waals surface area (Å²) < 4.78 is 7.03. The highest BCUT2D eigenvalue weighted by Gasteiger charge is 1.83. The summed E-state index contributed by atoms with van der Waals surface area (Å²) >= 11 is 0. The molecule has 0 unspecified atom stereocenters. The summed E-state index contributed by atoms with van der Waals surface area (Å²) in [7, 11) is 3.90. The molecule has 0 aliphatic carbocycles. The number of rotatable bonds is 4. The van der Waals surface area contributed by atoms with Crippen molar-refractivity contribution in [2.75, 3.05) is 20.7 Å². The van der Waals surface area contributed by atoms with E-state index in [1.54, 1.807) is 6.40 Å². The van der Waals surface area contributed by atoms with Crippen molar-refractivity contribution in [1.29, 1.82) is 0 Å². The zero-order valence-electron chi connectivity index (χ0n) is 6.55. The van der Waals surface area contributed by atoms with E-state index in [1.165, 1.54) is 6.42 Å². The Hall–Kier alpha value is -0.530. The van der Waals surface area contributed by atoms with E-state index in [0.29, 0.717) is 0 Å². The fourth-order valence-corrected chi connectivity index (χ4v) is 0.429. The third kappa shape index (κ3) is 7.47. The van der Waals surface area contributed by atoms with Gasteiger partial charge in [0.2, 0.25) is 0 Å². The highest BCUT2D eigenvalue weighted by atomic mass is 16.5. The number of unbranched alkanes of at least 4 members (excludes halogenated alkanes) is 1. The molecule has 0 aromatic carbocycles. The van der Waals surface area contributed by atoms with Crippen LogP contribution in [0.2, 0.25) is 0 Å². The predicted molar refractivity (Wildman–Crippen MR) is 39.0 cm³/mol. The summed E-state index contributed by atoms with van der Waals surface area (Å²) in [6.07, 6.45) is 4.07. The average Bonchev–Trinajstić information content (AvgIpc) is 1.80. The molecule has 0 radical (unpaired) electrons. The Morgan fingerprint density at radius 2 is 2.11 bits per heavy atom. The average molecular weight is 130 g/mol. The monoisotopic (exact) mass is 130 g/mol. The molecular weight excluding hydrogens is 114 g/mol. The van der Waals surface area contributed by atoms with Crippen molar-refractivity contribution in [3.63, 3.8) is 0 Å². The molecular formula is C7H16NO+. The van der Waals surface area contributed by atoms with Crippen LogP contribution in [0.15, 0.2) is 0 Å². The lowest BCUT2D eigenvalue weighted by Gasteiger charge is -1.93. The molecule has 0 aromatic rings. The Bertz CT molecular complexity index is 84.9. The minimum Gasteiger partial charge on any atom is -0.450 e. The van der Waals surface area contributed by atoms with Gasteiger partial charge in [-0.15, -0.1) is 0 Å². The van der Waals surface area contributed by atoms with Gasteiger partial charge in [0.05, 0.1) is 6.61 Å². The Labute approximate surface area is 57.1 Å². The first-order chi connectivity index (χ1) is 4.27. The van der Waals surface area contributed by atoms with Crippen LogP contribution < -0.4 is 0 Å². The largest absolute Gasteiger partial charge is 0.450 e. The lowest BCUT2D eigenvalue weighted by atomic mass is 10.4. The van der Waals surface area contributed by atoms with Crippen LogP contribution in [-0.2, 0) is 4.74 Å². The van der Waals surface area contributed by atoms with Gasteiger partial charge in [0.1, 0.15) is 14.1 Å². The topological polar surface area (TPSA) is 12.2 Å². The van der Waals surface area contributed by atoms with E-state index < -0.39 is 0 Å². The third-order valence-electron chi connectivity index (χ3n) is 0.901. The maximum absolute atomic E-state index is 5.14. The Kier molecular flexibility index (Phi) is 5.27. The summed E-state index contributed by atoms with van der Waals surface area (Å²) in [6.45, 7) is 2.99. The highest BCUT2D eigenvalue weighted by molar-refractivity contribution is 5.38. The van der Waals surface area contributed by atoms with Gasteiger partial charge in [0, 0.05) is 0 Å². The molecule has 54 valence electrons. The molecule has 2 nitrogen and oxygen atoms in total. The van der Waals surface area contributed by atoms with E-state index in [2.05, 4.69) is 6.92 Å². The molecule has 9 heavy (non-hydrogen) atoms. The first kappa shape index (κ1) is 8.47. The molecule has 0 heterocycles. The first-order valence-corrected chi connectivity index (χ1v) is 3.38. The van der Waals surface area contributed by atoms with Crippen molar-refractivity contribution >= 4 is 6.40 Å². The van der Waals surface area contributed by atoms with Gasteiger partial charge in [0.25, 0.3) is 0 Å². The van der Waals surface area contributed by atoms with Crippen molar-refractivity contribution in [1.82, 2.24) is 0 Å². The van der Waals surface area contributed by atoms with Crippen LogP contribution in [0, 0.1) is 0 Å². The highest BCUT2D eigenvalue weighted by Crippen LogP contribution is 1.84. The van der Waals surface area contributed by atoms with Crippen molar-refractivity contribution in [2.45, 2.75) is 19.8 Å². The molecule has 0 fully saturated rings. The lowest BCUT2D eigenvalue weighted by Crippen LogP contribution is -2.02. The van der Waals surface area contributed by atoms with Gasteiger partial charge < -0.3 is 4.74 Å². The van der Waals surface area contributed by atoms with E-state index in [-0.39, 0.29) is 0 Å². The van der Waals surface area contributed by atoms with Crippen molar-refractivity contribution in [2.24, 2.45) is 0 Å². The molecule has 0 spiro atoms. The number of ether oxygens (including phenoxy) is 1. The lowest BCUT2D eigenvalue weighted by molar-refractivity contribution is -0.468. The summed E-state index contributed by atoms with van der Waals surface area (Å²) in [6, 6.07) is 0. The molecule has 0 rings (SSSR count). The molecule has 0 N–H and O–H groups in total. The predicted octanol–water partition coefficient (Wildman–Crippen LogP) is 1.10.